The minimum atomic E-state index is -0.248. The number of hydrogen-bond acceptors (Lipinski definition) is 3. The molecule has 0 aliphatic rings. The predicted molar refractivity (Wildman–Crippen MR) is 86.7 cm³/mol. The minimum Gasteiger partial charge on any atom is -0.457 e. The molecule has 3 aromatic rings. The second kappa shape index (κ2) is 6.08. The smallest absolute Gasteiger partial charge is 0.228 e. The molecule has 4 heteroatoms. The van der Waals surface area contributed by atoms with Gasteiger partial charge in [-0.15, -0.1) is 0 Å². The highest BCUT2D eigenvalue weighted by Crippen LogP contribution is 2.34. The van der Waals surface area contributed by atoms with E-state index >= 15 is 0 Å². The standard InChI is InChI=1S/C18H13ClO3/c1-12-11-15(20)18(22-16-10-6-5-9-14(16)19)17(21-12)13-7-3-2-4-8-13/h2-11H,1H3. The van der Waals surface area contributed by atoms with Crippen LogP contribution in [0.4, 0.5) is 0 Å². The lowest BCUT2D eigenvalue weighted by molar-refractivity contribution is 0.439. The summed E-state index contributed by atoms with van der Waals surface area (Å²) in [6, 6.07) is 17.8. The molecule has 0 spiro atoms. The molecule has 110 valence electrons. The maximum absolute atomic E-state index is 12.3. The maximum atomic E-state index is 12.3. The van der Waals surface area contributed by atoms with Gasteiger partial charge in [0.2, 0.25) is 11.2 Å². The average Bonchev–Trinajstić information content (AvgIpc) is 2.52. The quantitative estimate of drug-likeness (QED) is 0.678. The van der Waals surface area contributed by atoms with Crippen LogP contribution in [0.25, 0.3) is 11.3 Å². The number of ether oxygens (including phenoxy) is 1. The summed E-state index contributed by atoms with van der Waals surface area (Å²) in [6.45, 7) is 1.73. The summed E-state index contributed by atoms with van der Waals surface area (Å²) in [5.74, 6) is 1.46. The molecular formula is C18H13ClO3. The lowest BCUT2D eigenvalue weighted by Gasteiger charge is -2.11. The summed E-state index contributed by atoms with van der Waals surface area (Å²) >= 11 is 6.10. The third-order valence-corrected chi connectivity index (χ3v) is 3.42. The first-order valence-electron chi connectivity index (χ1n) is 6.77. The summed E-state index contributed by atoms with van der Waals surface area (Å²) in [4.78, 5) is 12.3. The largest absolute Gasteiger partial charge is 0.457 e. The fraction of sp³-hybridized carbons (Fsp3) is 0.0556. The van der Waals surface area contributed by atoms with Gasteiger partial charge in [0, 0.05) is 11.6 Å². The molecule has 0 N–H and O–H groups in total. The van der Waals surface area contributed by atoms with Crippen molar-refractivity contribution in [1.82, 2.24) is 0 Å². The first-order valence-corrected chi connectivity index (χ1v) is 7.15. The number of aryl methyl sites for hydroxylation is 1. The van der Waals surface area contributed by atoms with Crippen LogP contribution in [0.5, 0.6) is 11.5 Å². The van der Waals surface area contributed by atoms with E-state index in [1.807, 2.05) is 30.3 Å². The van der Waals surface area contributed by atoms with E-state index in [1.165, 1.54) is 6.07 Å². The first-order chi connectivity index (χ1) is 10.6. The molecule has 0 amide bonds. The van der Waals surface area contributed by atoms with Gasteiger partial charge in [0.05, 0.1) is 5.02 Å². The van der Waals surface area contributed by atoms with Gasteiger partial charge in [-0.25, -0.2) is 0 Å². The van der Waals surface area contributed by atoms with E-state index in [0.717, 1.165) is 5.56 Å². The zero-order valence-electron chi connectivity index (χ0n) is 11.9. The Hall–Kier alpha value is -2.52. The number of rotatable bonds is 3. The van der Waals surface area contributed by atoms with Gasteiger partial charge in [-0.1, -0.05) is 54.1 Å². The van der Waals surface area contributed by atoms with E-state index < -0.39 is 0 Å². The topological polar surface area (TPSA) is 39.4 Å². The summed E-state index contributed by atoms with van der Waals surface area (Å²) < 4.78 is 11.5. The van der Waals surface area contributed by atoms with Gasteiger partial charge in [0.25, 0.3) is 0 Å². The van der Waals surface area contributed by atoms with Crippen LogP contribution >= 0.6 is 11.6 Å². The van der Waals surface area contributed by atoms with E-state index in [-0.39, 0.29) is 11.2 Å². The fourth-order valence-corrected chi connectivity index (χ4v) is 2.29. The molecule has 22 heavy (non-hydrogen) atoms. The Morgan fingerprint density at radius 1 is 1.00 bits per heavy atom. The highest BCUT2D eigenvalue weighted by atomic mass is 35.5. The van der Waals surface area contributed by atoms with Gasteiger partial charge in [0.1, 0.15) is 11.5 Å². The van der Waals surface area contributed by atoms with Gasteiger partial charge >= 0.3 is 0 Å². The van der Waals surface area contributed by atoms with Crippen LogP contribution in [0, 0.1) is 6.92 Å². The van der Waals surface area contributed by atoms with E-state index in [9.17, 15) is 4.79 Å². The number of hydrogen-bond donors (Lipinski definition) is 0. The lowest BCUT2D eigenvalue weighted by Crippen LogP contribution is -2.06. The van der Waals surface area contributed by atoms with Crippen molar-refractivity contribution in [2.45, 2.75) is 6.92 Å². The van der Waals surface area contributed by atoms with Crippen LogP contribution in [0.3, 0.4) is 0 Å². The zero-order chi connectivity index (χ0) is 15.5. The van der Waals surface area contributed by atoms with E-state index in [0.29, 0.717) is 22.3 Å². The first kappa shape index (κ1) is 14.4. The van der Waals surface area contributed by atoms with E-state index in [1.54, 1.807) is 31.2 Å². The fourth-order valence-electron chi connectivity index (χ4n) is 2.11. The van der Waals surface area contributed by atoms with E-state index in [4.69, 9.17) is 20.8 Å². The van der Waals surface area contributed by atoms with Crippen molar-refractivity contribution in [2.75, 3.05) is 0 Å². The monoisotopic (exact) mass is 312 g/mol. The Kier molecular flexibility index (Phi) is 3.98. The van der Waals surface area contributed by atoms with Gasteiger partial charge in [-0.2, -0.15) is 0 Å². The number of benzene rings is 2. The molecule has 0 saturated carbocycles. The van der Waals surface area contributed by atoms with Gasteiger partial charge in [-0.3, -0.25) is 4.79 Å². The Morgan fingerprint density at radius 3 is 2.41 bits per heavy atom. The predicted octanol–water partition coefficient (Wildman–Crippen LogP) is 5.06. The van der Waals surface area contributed by atoms with Gasteiger partial charge in [0.15, 0.2) is 5.76 Å². The maximum Gasteiger partial charge on any atom is 0.228 e. The normalized spacial score (nSPS) is 10.5. The molecular weight excluding hydrogens is 300 g/mol. The van der Waals surface area contributed by atoms with Gasteiger partial charge < -0.3 is 9.15 Å². The van der Waals surface area contributed by atoms with Crippen molar-refractivity contribution in [3.8, 4) is 22.8 Å². The molecule has 0 saturated heterocycles. The molecule has 0 fully saturated rings. The summed E-state index contributed by atoms with van der Waals surface area (Å²) in [5, 5.41) is 0.432. The second-order valence-corrected chi connectivity index (χ2v) is 5.19. The van der Waals surface area contributed by atoms with Crippen molar-refractivity contribution in [3.63, 3.8) is 0 Å². The SMILES string of the molecule is Cc1cc(=O)c(Oc2ccccc2Cl)c(-c2ccccc2)o1. The van der Waals surface area contributed by atoms with Crippen LogP contribution in [-0.2, 0) is 0 Å². The van der Waals surface area contributed by atoms with Crippen LogP contribution in [-0.4, -0.2) is 0 Å². The number of para-hydroxylation sites is 1. The molecule has 0 bridgehead atoms. The molecule has 3 nitrogen and oxygen atoms in total. The Balaban J connectivity index is 2.15. The van der Waals surface area contributed by atoms with Crippen LogP contribution in [0.15, 0.2) is 69.9 Å². The molecule has 1 aromatic heterocycles. The lowest BCUT2D eigenvalue weighted by atomic mass is 10.1. The third kappa shape index (κ3) is 2.90. The van der Waals surface area contributed by atoms with Crippen LogP contribution < -0.4 is 10.2 Å². The van der Waals surface area contributed by atoms with Crippen LogP contribution in [0.2, 0.25) is 5.02 Å². The van der Waals surface area contributed by atoms with E-state index in [2.05, 4.69) is 0 Å². The van der Waals surface area contributed by atoms with Crippen LogP contribution in [0.1, 0.15) is 5.76 Å². The molecule has 0 atom stereocenters. The Morgan fingerprint density at radius 2 is 1.68 bits per heavy atom. The molecule has 2 aromatic carbocycles. The Bertz CT molecular complexity index is 854. The average molecular weight is 313 g/mol. The van der Waals surface area contributed by atoms with Crippen molar-refractivity contribution in [1.29, 1.82) is 0 Å². The second-order valence-electron chi connectivity index (χ2n) is 4.78. The third-order valence-electron chi connectivity index (χ3n) is 3.11. The molecule has 1 heterocycles. The molecule has 0 aliphatic heterocycles. The molecule has 0 radical (unpaired) electrons. The summed E-state index contributed by atoms with van der Waals surface area (Å²) in [6.07, 6.45) is 0. The summed E-state index contributed by atoms with van der Waals surface area (Å²) in [5.41, 5.74) is 0.521. The highest BCUT2D eigenvalue weighted by Gasteiger charge is 2.16. The minimum absolute atomic E-state index is 0.130. The van der Waals surface area contributed by atoms with Crippen molar-refractivity contribution >= 4 is 11.6 Å². The molecule has 0 aliphatic carbocycles. The Labute approximate surface area is 132 Å². The van der Waals surface area contributed by atoms with Crippen molar-refractivity contribution in [3.05, 3.63) is 81.7 Å². The number of halogens is 1. The van der Waals surface area contributed by atoms with Gasteiger partial charge in [-0.05, 0) is 19.1 Å². The summed E-state index contributed by atoms with van der Waals surface area (Å²) in [7, 11) is 0. The van der Waals surface area contributed by atoms with Crippen molar-refractivity contribution < 1.29 is 9.15 Å². The highest BCUT2D eigenvalue weighted by molar-refractivity contribution is 6.32. The molecule has 0 unspecified atom stereocenters. The van der Waals surface area contributed by atoms with Crippen molar-refractivity contribution in [2.24, 2.45) is 0 Å². The zero-order valence-corrected chi connectivity index (χ0v) is 12.6. The molecule has 3 rings (SSSR count).